The van der Waals surface area contributed by atoms with E-state index in [-0.39, 0.29) is 17.8 Å². The lowest BCUT2D eigenvalue weighted by Crippen LogP contribution is -2.36. The molecule has 1 aromatic carbocycles. The number of amides is 1. The van der Waals surface area contributed by atoms with Crippen LogP contribution in [0.4, 0.5) is 4.39 Å². The highest BCUT2D eigenvalue weighted by atomic mass is 32.2. The summed E-state index contributed by atoms with van der Waals surface area (Å²) in [5.41, 5.74) is 2.40. The van der Waals surface area contributed by atoms with Crippen molar-refractivity contribution in [3.05, 3.63) is 65.2 Å². The van der Waals surface area contributed by atoms with Crippen LogP contribution in [0.3, 0.4) is 0 Å². The molecule has 2 rings (SSSR count). The van der Waals surface area contributed by atoms with E-state index < -0.39 is 0 Å². The fourth-order valence-electron chi connectivity index (χ4n) is 2.64. The summed E-state index contributed by atoms with van der Waals surface area (Å²) in [5, 5.41) is 0. The highest BCUT2D eigenvalue weighted by molar-refractivity contribution is 7.99. The standard InChI is InChI=1S/C18H21FN2OS/c1-4-21(17(22)12-23-3)18(15-6-5-9-20-11-15)14-7-8-16(19)13(2)10-14/h5-11,18H,4,12H2,1-3H3. The van der Waals surface area contributed by atoms with E-state index in [1.807, 2.05) is 36.3 Å². The molecule has 1 aromatic heterocycles. The monoisotopic (exact) mass is 332 g/mol. The summed E-state index contributed by atoms with van der Waals surface area (Å²) in [7, 11) is 0. The smallest absolute Gasteiger partial charge is 0.233 e. The lowest BCUT2D eigenvalue weighted by molar-refractivity contribution is -0.129. The topological polar surface area (TPSA) is 33.2 Å². The van der Waals surface area contributed by atoms with Crippen LogP contribution in [0.25, 0.3) is 0 Å². The fraction of sp³-hybridized carbons (Fsp3) is 0.333. The highest BCUT2D eigenvalue weighted by Crippen LogP contribution is 2.29. The van der Waals surface area contributed by atoms with Crippen LogP contribution in [0.15, 0.2) is 42.7 Å². The maximum Gasteiger partial charge on any atom is 0.233 e. The molecule has 0 aliphatic heterocycles. The van der Waals surface area contributed by atoms with Gasteiger partial charge in [0.25, 0.3) is 0 Å². The summed E-state index contributed by atoms with van der Waals surface area (Å²) < 4.78 is 13.6. The minimum atomic E-state index is -0.257. The Balaban J connectivity index is 2.50. The second kappa shape index (κ2) is 8.11. The number of carbonyl (C=O) groups excluding carboxylic acids is 1. The summed E-state index contributed by atoms with van der Waals surface area (Å²) in [4.78, 5) is 18.5. The molecule has 0 N–H and O–H groups in total. The van der Waals surface area contributed by atoms with Gasteiger partial charge < -0.3 is 4.90 Å². The largest absolute Gasteiger partial charge is 0.331 e. The summed E-state index contributed by atoms with van der Waals surface area (Å²) in [6.45, 7) is 4.27. The molecule has 0 saturated carbocycles. The first kappa shape index (κ1) is 17.5. The third kappa shape index (κ3) is 4.10. The SMILES string of the molecule is CCN(C(=O)CSC)C(c1cccnc1)c1ccc(F)c(C)c1. The van der Waals surface area contributed by atoms with E-state index >= 15 is 0 Å². The Kier molecular flexibility index (Phi) is 6.16. The lowest BCUT2D eigenvalue weighted by Gasteiger charge is -2.31. The van der Waals surface area contributed by atoms with Gasteiger partial charge in [-0.25, -0.2) is 4.39 Å². The zero-order valence-corrected chi connectivity index (χ0v) is 14.4. The van der Waals surface area contributed by atoms with Crippen LogP contribution >= 0.6 is 11.8 Å². The van der Waals surface area contributed by atoms with Gasteiger partial charge in [-0.2, -0.15) is 11.8 Å². The third-order valence-electron chi connectivity index (χ3n) is 3.74. The highest BCUT2D eigenvalue weighted by Gasteiger charge is 2.25. The molecule has 122 valence electrons. The van der Waals surface area contributed by atoms with Crippen LogP contribution in [0.1, 0.15) is 29.7 Å². The van der Waals surface area contributed by atoms with Gasteiger partial charge in [0.15, 0.2) is 0 Å². The first-order valence-electron chi connectivity index (χ1n) is 7.52. The average molecular weight is 332 g/mol. The number of aromatic nitrogens is 1. The van der Waals surface area contributed by atoms with Gasteiger partial charge in [-0.3, -0.25) is 9.78 Å². The molecule has 23 heavy (non-hydrogen) atoms. The molecule has 1 amide bonds. The zero-order chi connectivity index (χ0) is 16.8. The van der Waals surface area contributed by atoms with Crippen LogP contribution in [0.2, 0.25) is 0 Å². The van der Waals surface area contributed by atoms with Gasteiger partial charge in [0.1, 0.15) is 5.82 Å². The maximum atomic E-state index is 13.6. The average Bonchev–Trinajstić information content (AvgIpc) is 2.56. The molecule has 0 fully saturated rings. The molecule has 0 spiro atoms. The van der Waals surface area contributed by atoms with Crippen LogP contribution in [0.5, 0.6) is 0 Å². The van der Waals surface area contributed by atoms with E-state index in [0.29, 0.717) is 17.9 Å². The fourth-order valence-corrected chi connectivity index (χ4v) is 3.05. The predicted molar refractivity (Wildman–Crippen MR) is 93.0 cm³/mol. The van der Waals surface area contributed by atoms with E-state index in [4.69, 9.17) is 0 Å². The Hall–Kier alpha value is -1.88. The molecular formula is C18H21FN2OS. The number of nitrogens with zero attached hydrogens (tertiary/aromatic N) is 2. The number of aryl methyl sites for hydroxylation is 1. The van der Waals surface area contributed by atoms with Crippen LogP contribution in [0, 0.1) is 12.7 Å². The van der Waals surface area contributed by atoms with Crippen molar-refractivity contribution in [1.29, 1.82) is 0 Å². The third-order valence-corrected chi connectivity index (χ3v) is 4.27. The number of thioether (sulfide) groups is 1. The number of carbonyl (C=O) groups is 1. The molecule has 0 radical (unpaired) electrons. The Morgan fingerprint density at radius 2 is 2.13 bits per heavy atom. The van der Waals surface area contributed by atoms with Crippen molar-refractivity contribution in [3.8, 4) is 0 Å². The molecule has 0 aliphatic rings. The number of halogens is 1. The first-order valence-corrected chi connectivity index (χ1v) is 8.92. The van der Waals surface area contributed by atoms with Crippen molar-refractivity contribution in [2.45, 2.75) is 19.9 Å². The number of pyridine rings is 1. The zero-order valence-electron chi connectivity index (χ0n) is 13.6. The predicted octanol–water partition coefficient (Wildman–Crippen LogP) is 3.83. The van der Waals surface area contributed by atoms with Crippen molar-refractivity contribution in [1.82, 2.24) is 9.88 Å². The quantitative estimate of drug-likeness (QED) is 0.806. The summed E-state index contributed by atoms with van der Waals surface area (Å²) in [6, 6.07) is 8.56. The minimum absolute atomic E-state index is 0.0656. The van der Waals surface area contributed by atoms with Gasteiger partial charge in [0, 0.05) is 18.9 Å². The van der Waals surface area contributed by atoms with E-state index in [1.54, 1.807) is 25.4 Å². The summed E-state index contributed by atoms with van der Waals surface area (Å²) in [6.07, 6.45) is 5.38. The molecule has 1 unspecified atom stereocenters. The van der Waals surface area contributed by atoms with Crippen LogP contribution in [-0.2, 0) is 4.79 Å². The maximum absolute atomic E-state index is 13.6. The first-order chi connectivity index (χ1) is 11.1. The molecule has 2 aromatic rings. The normalized spacial score (nSPS) is 12.0. The van der Waals surface area contributed by atoms with Crippen molar-refractivity contribution in [2.75, 3.05) is 18.6 Å². The molecule has 0 saturated heterocycles. The van der Waals surface area contributed by atoms with Gasteiger partial charge in [0.2, 0.25) is 5.91 Å². The Morgan fingerprint density at radius 3 is 2.70 bits per heavy atom. The Bertz CT molecular complexity index is 663. The lowest BCUT2D eigenvalue weighted by atomic mass is 9.96. The number of hydrogen-bond donors (Lipinski definition) is 0. The van der Waals surface area contributed by atoms with E-state index in [0.717, 1.165) is 11.1 Å². The molecule has 3 nitrogen and oxygen atoms in total. The second-order valence-corrected chi connectivity index (χ2v) is 6.18. The number of benzene rings is 1. The summed E-state index contributed by atoms with van der Waals surface area (Å²) in [5.74, 6) is 0.248. The molecule has 1 heterocycles. The van der Waals surface area contributed by atoms with Crippen molar-refractivity contribution >= 4 is 17.7 Å². The summed E-state index contributed by atoms with van der Waals surface area (Å²) >= 11 is 1.50. The van der Waals surface area contributed by atoms with E-state index in [2.05, 4.69) is 4.98 Å². The van der Waals surface area contributed by atoms with Gasteiger partial charge in [0.05, 0.1) is 11.8 Å². The molecule has 0 bridgehead atoms. The Labute approximate surface area is 140 Å². The van der Waals surface area contributed by atoms with Crippen molar-refractivity contribution < 1.29 is 9.18 Å². The molecule has 1 atom stereocenters. The molecule has 0 aliphatic carbocycles. The number of rotatable bonds is 6. The van der Waals surface area contributed by atoms with Gasteiger partial charge in [-0.1, -0.05) is 18.2 Å². The van der Waals surface area contributed by atoms with Crippen LogP contribution < -0.4 is 0 Å². The minimum Gasteiger partial charge on any atom is -0.331 e. The molecular weight excluding hydrogens is 311 g/mol. The van der Waals surface area contributed by atoms with Crippen molar-refractivity contribution in [3.63, 3.8) is 0 Å². The van der Waals surface area contributed by atoms with Crippen LogP contribution in [-0.4, -0.2) is 34.3 Å². The van der Waals surface area contributed by atoms with E-state index in [9.17, 15) is 9.18 Å². The van der Waals surface area contributed by atoms with Gasteiger partial charge >= 0.3 is 0 Å². The van der Waals surface area contributed by atoms with Gasteiger partial charge in [-0.15, -0.1) is 0 Å². The Morgan fingerprint density at radius 1 is 1.35 bits per heavy atom. The van der Waals surface area contributed by atoms with Gasteiger partial charge in [-0.05, 0) is 48.9 Å². The van der Waals surface area contributed by atoms with Crippen molar-refractivity contribution in [2.24, 2.45) is 0 Å². The second-order valence-electron chi connectivity index (χ2n) is 5.31. The number of hydrogen-bond acceptors (Lipinski definition) is 3. The van der Waals surface area contributed by atoms with E-state index in [1.165, 1.54) is 17.8 Å². The molecule has 5 heteroatoms.